The zero-order valence-corrected chi connectivity index (χ0v) is 42.0. The van der Waals surface area contributed by atoms with Crippen LogP contribution in [-0.2, 0) is 28.6 Å². The topological polar surface area (TPSA) is 78.9 Å². The van der Waals surface area contributed by atoms with Crippen molar-refractivity contribution in [2.45, 2.75) is 304 Å². The fraction of sp³-hybridized carbons (Fsp3) is 0.945. The minimum atomic E-state index is -0.763. The second-order valence-corrected chi connectivity index (χ2v) is 20.1. The third-order valence-corrected chi connectivity index (χ3v) is 12.8. The number of hydrogen-bond donors (Lipinski definition) is 0. The van der Waals surface area contributed by atoms with Crippen LogP contribution in [0, 0.1) is 17.8 Å². The van der Waals surface area contributed by atoms with Gasteiger partial charge in [0, 0.05) is 19.3 Å². The third kappa shape index (κ3) is 47.7. The van der Waals surface area contributed by atoms with E-state index in [1.54, 1.807) is 0 Å². The fourth-order valence-electron chi connectivity index (χ4n) is 8.26. The number of hydrogen-bond acceptors (Lipinski definition) is 6. The van der Waals surface area contributed by atoms with Crippen LogP contribution in [0.3, 0.4) is 0 Å². The lowest BCUT2D eigenvalue weighted by Crippen LogP contribution is -2.30. The van der Waals surface area contributed by atoms with Crippen LogP contribution in [0.25, 0.3) is 0 Å². The summed E-state index contributed by atoms with van der Waals surface area (Å²) in [4.78, 5) is 38.0. The van der Waals surface area contributed by atoms with Crippen molar-refractivity contribution in [3.63, 3.8) is 0 Å². The van der Waals surface area contributed by atoms with Crippen molar-refractivity contribution in [3.8, 4) is 0 Å². The molecule has 0 aromatic carbocycles. The van der Waals surface area contributed by atoms with Crippen molar-refractivity contribution < 1.29 is 28.6 Å². The van der Waals surface area contributed by atoms with Gasteiger partial charge in [-0.3, -0.25) is 14.4 Å². The highest BCUT2D eigenvalue weighted by Crippen LogP contribution is 2.18. The quantitative estimate of drug-likeness (QED) is 0.0344. The van der Waals surface area contributed by atoms with Gasteiger partial charge in [0.25, 0.3) is 0 Å². The molecule has 0 aromatic rings. The minimum Gasteiger partial charge on any atom is -0.462 e. The van der Waals surface area contributed by atoms with E-state index in [9.17, 15) is 14.4 Å². The Labute approximate surface area is 380 Å². The molecule has 0 aromatic heterocycles. The maximum Gasteiger partial charge on any atom is 0.306 e. The maximum atomic E-state index is 12.8. The summed E-state index contributed by atoms with van der Waals surface area (Å²) in [5, 5.41) is 0. The van der Waals surface area contributed by atoms with E-state index in [-0.39, 0.29) is 31.1 Å². The Balaban J connectivity index is 4.33. The molecule has 2 atom stereocenters. The number of rotatable bonds is 48. The monoisotopic (exact) mass is 863 g/mol. The average Bonchev–Trinajstić information content (AvgIpc) is 3.23. The first kappa shape index (κ1) is 59.4. The zero-order chi connectivity index (χ0) is 44.9. The van der Waals surface area contributed by atoms with Crippen molar-refractivity contribution in [3.05, 3.63) is 0 Å². The number of carbonyl (C=O) groups excluding carboxylic acids is 3. The van der Waals surface area contributed by atoms with E-state index in [1.807, 2.05) is 0 Å². The molecule has 0 spiro atoms. The van der Waals surface area contributed by atoms with Crippen LogP contribution in [0.15, 0.2) is 0 Å². The third-order valence-electron chi connectivity index (χ3n) is 12.8. The summed E-state index contributed by atoms with van der Waals surface area (Å²) in [6.45, 7) is 13.8. The molecule has 0 radical (unpaired) electrons. The summed E-state index contributed by atoms with van der Waals surface area (Å²) in [5.74, 6) is 1.68. The van der Waals surface area contributed by atoms with E-state index in [0.717, 1.165) is 75.5 Å². The van der Waals surface area contributed by atoms with E-state index in [2.05, 4.69) is 41.5 Å². The molecule has 0 aliphatic carbocycles. The Hall–Kier alpha value is -1.59. The molecule has 362 valence electrons. The van der Waals surface area contributed by atoms with E-state index < -0.39 is 6.10 Å². The van der Waals surface area contributed by atoms with Gasteiger partial charge < -0.3 is 14.2 Å². The van der Waals surface area contributed by atoms with Gasteiger partial charge >= 0.3 is 17.9 Å². The average molecular weight is 863 g/mol. The van der Waals surface area contributed by atoms with Gasteiger partial charge in [0.15, 0.2) is 6.10 Å². The molecular weight excluding hydrogens is 757 g/mol. The van der Waals surface area contributed by atoms with E-state index in [1.165, 1.54) is 180 Å². The molecule has 0 aliphatic heterocycles. The fourth-order valence-corrected chi connectivity index (χ4v) is 8.26. The Morgan fingerprint density at radius 1 is 0.328 bits per heavy atom. The lowest BCUT2D eigenvalue weighted by atomic mass is 9.99. The number of ether oxygens (including phenoxy) is 3. The molecule has 0 fully saturated rings. The molecule has 0 heterocycles. The maximum absolute atomic E-state index is 12.8. The lowest BCUT2D eigenvalue weighted by Gasteiger charge is -2.18. The van der Waals surface area contributed by atoms with Crippen LogP contribution in [-0.4, -0.2) is 37.2 Å². The van der Waals surface area contributed by atoms with Gasteiger partial charge in [0.05, 0.1) is 0 Å². The summed E-state index contributed by atoms with van der Waals surface area (Å²) in [7, 11) is 0. The molecule has 1 unspecified atom stereocenters. The molecule has 0 saturated carbocycles. The van der Waals surface area contributed by atoms with Gasteiger partial charge in [-0.1, -0.05) is 260 Å². The first-order chi connectivity index (χ1) is 29.6. The second kappa shape index (κ2) is 46.4. The van der Waals surface area contributed by atoms with Gasteiger partial charge in [-0.2, -0.15) is 0 Å². The standard InChI is InChI=1S/C55H106O6/c1-7-51(6)43-37-31-25-19-15-16-22-28-34-40-46-55(58)61-52(48-60-54(57)45-39-33-27-21-14-10-12-18-24-30-36-42-50(4)5)47-59-53(56)44-38-32-26-20-13-9-8-11-17-23-29-35-41-49(2)3/h49-52H,7-48H2,1-6H3/t51?,52-/m0/s1. The Morgan fingerprint density at radius 3 is 0.852 bits per heavy atom. The summed E-state index contributed by atoms with van der Waals surface area (Å²) >= 11 is 0. The minimum absolute atomic E-state index is 0.0643. The predicted octanol–water partition coefficient (Wildman–Crippen LogP) is 17.6. The Bertz CT molecular complexity index is 947. The molecule has 0 aliphatic rings. The van der Waals surface area contributed by atoms with Gasteiger partial charge in [-0.15, -0.1) is 0 Å². The molecule has 0 amide bonds. The van der Waals surface area contributed by atoms with Gasteiger partial charge in [0.2, 0.25) is 0 Å². The second-order valence-electron chi connectivity index (χ2n) is 20.1. The van der Waals surface area contributed by atoms with Crippen LogP contribution >= 0.6 is 0 Å². The van der Waals surface area contributed by atoms with Gasteiger partial charge in [0.1, 0.15) is 13.2 Å². The van der Waals surface area contributed by atoms with Crippen LogP contribution < -0.4 is 0 Å². The van der Waals surface area contributed by atoms with Crippen LogP contribution in [0.4, 0.5) is 0 Å². The van der Waals surface area contributed by atoms with E-state index in [4.69, 9.17) is 14.2 Å². The lowest BCUT2D eigenvalue weighted by molar-refractivity contribution is -0.167. The van der Waals surface area contributed by atoms with Gasteiger partial charge in [-0.25, -0.2) is 0 Å². The summed E-state index contributed by atoms with van der Waals surface area (Å²) in [5.41, 5.74) is 0. The number of carbonyl (C=O) groups is 3. The SMILES string of the molecule is CCC(C)CCCCCCCCCCCCC(=O)O[C@@H](COC(=O)CCCCCCCCCCCCCCC(C)C)COC(=O)CCCCCCCCCCCCCC(C)C. The van der Waals surface area contributed by atoms with Crippen molar-refractivity contribution >= 4 is 17.9 Å². The smallest absolute Gasteiger partial charge is 0.306 e. The summed E-state index contributed by atoms with van der Waals surface area (Å²) in [6, 6.07) is 0. The normalized spacial score (nSPS) is 12.6. The molecule has 0 saturated heterocycles. The summed E-state index contributed by atoms with van der Waals surface area (Å²) < 4.78 is 16.8. The van der Waals surface area contributed by atoms with Crippen LogP contribution in [0.5, 0.6) is 0 Å². The largest absolute Gasteiger partial charge is 0.462 e. The Kier molecular flexibility index (Phi) is 45.2. The van der Waals surface area contributed by atoms with Crippen LogP contribution in [0.1, 0.15) is 298 Å². The van der Waals surface area contributed by atoms with Gasteiger partial charge in [-0.05, 0) is 37.0 Å². The van der Waals surface area contributed by atoms with Crippen molar-refractivity contribution in [2.75, 3.05) is 13.2 Å². The highest BCUT2D eigenvalue weighted by molar-refractivity contribution is 5.71. The molecule has 0 bridgehead atoms. The van der Waals surface area contributed by atoms with Crippen molar-refractivity contribution in [1.82, 2.24) is 0 Å². The summed E-state index contributed by atoms with van der Waals surface area (Å²) in [6.07, 6.45) is 46.5. The highest BCUT2D eigenvalue weighted by Gasteiger charge is 2.19. The zero-order valence-electron chi connectivity index (χ0n) is 42.0. The van der Waals surface area contributed by atoms with Crippen molar-refractivity contribution in [1.29, 1.82) is 0 Å². The highest BCUT2D eigenvalue weighted by atomic mass is 16.6. The number of unbranched alkanes of at least 4 members (excludes halogenated alkanes) is 30. The van der Waals surface area contributed by atoms with Crippen LogP contribution in [0.2, 0.25) is 0 Å². The molecule has 6 heteroatoms. The predicted molar refractivity (Wildman–Crippen MR) is 261 cm³/mol. The molecular formula is C55H106O6. The first-order valence-corrected chi connectivity index (χ1v) is 27.1. The number of esters is 3. The molecule has 6 nitrogen and oxygen atoms in total. The molecule has 0 rings (SSSR count). The Morgan fingerprint density at radius 2 is 0.574 bits per heavy atom. The molecule has 61 heavy (non-hydrogen) atoms. The molecule has 0 N–H and O–H groups in total. The van der Waals surface area contributed by atoms with E-state index >= 15 is 0 Å². The van der Waals surface area contributed by atoms with Crippen molar-refractivity contribution in [2.24, 2.45) is 17.8 Å². The first-order valence-electron chi connectivity index (χ1n) is 27.1. The van der Waals surface area contributed by atoms with E-state index in [0.29, 0.717) is 19.3 Å².